The number of ether oxygens (including phenoxy) is 4. The number of anilines is 1. The molecule has 0 aliphatic heterocycles. The molecule has 0 radical (unpaired) electrons. The SMILES string of the molecule is C=Cc1cc(C(=O)Nc2ccc(-c3noc(=O)[nH]3)cc2)c(-c2ccc(C(=O)NCC3CC3)nc2C(=O)OC(C)OC(=O)OC(C)C)cc1OC. The summed E-state index contributed by atoms with van der Waals surface area (Å²) >= 11 is 0. The fourth-order valence-corrected chi connectivity index (χ4v) is 4.80. The van der Waals surface area contributed by atoms with Crippen molar-refractivity contribution in [2.75, 3.05) is 19.0 Å². The predicted octanol–water partition coefficient (Wildman–Crippen LogP) is 5.20. The largest absolute Gasteiger partial charge is 0.511 e. The standard InChI is InChI=1S/C35H35N5O10/c1-6-21-15-26(31(41)37-23-11-9-22(10-12-23)30-39-34(44)50-40-30)25(16-28(21)46-5)24-13-14-27(32(42)36-17-20-7-8-20)38-29(24)33(43)48-19(4)49-35(45)47-18(2)3/h6,9-16,18-20H,1,7-8,17H2,2-5H3,(H,36,42)(H,37,41)(H,39,40,44). The van der Waals surface area contributed by atoms with Crippen molar-refractivity contribution in [3.05, 3.63) is 88.2 Å². The van der Waals surface area contributed by atoms with Crippen molar-refractivity contribution in [2.24, 2.45) is 5.92 Å². The molecule has 1 aliphatic rings. The number of carbonyl (C=O) groups excluding carboxylic acids is 4. The van der Waals surface area contributed by atoms with Crippen molar-refractivity contribution in [1.82, 2.24) is 20.4 Å². The Bertz CT molecular complexity index is 1980. The van der Waals surface area contributed by atoms with Crippen molar-refractivity contribution < 1.29 is 42.6 Å². The summed E-state index contributed by atoms with van der Waals surface area (Å²) in [7, 11) is 1.44. The highest BCUT2D eigenvalue weighted by Crippen LogP contribution is 2.35. The number of amides is 2. The van der Waals surface area contributed by atoms with E-state index in [1.165, 1.54) is 44.4 Å². The van der Waals surface area contributed by atoms with Crippen LogP contribution < -0.4 is 21.1 Å². The molecule has 4 aromatic rings. The average molecular weight is 686 g/mol. The van der Waals surface area contributed by atoms with E-state index in [2.05, 4.69) is 36.9 Å². The summed E-state index contributed by atoms with van der Waals surface area (Å²) in [6.45, 7) is 8.86. The number of methoxy groups -OCH3 is 1. The lowest BCUT2D eigenvalue weighted by atomic mass is 9.94. The first kappa shape index (κ1) is 35.1. The van der Waals surface area contributed by atoms with Gasteiger partial charge >= 0.3 is 17.9 Å². The van der Waals surface area contributed by atoms with E-state index in [0.29, 0.717) is 35.0 Å². The van der Waals surface area contributed by atoms with Crippen LogP contribution >= 0.6 is 0 Å². The summed E-state index contributed by atoms with van der Waals surface area (Å²) in [4.78, 5) is 70.8. The molecule has 50 heavy (non-hydrogen) atoms. The summed E-state index contributed by atoms with van der Waals surface area (Å²) in [5, 5.41) is 9.29. The summed E-state index contributed by atoms with van der Waals surface area (Å²) in [5.41, 5.74) is 1.44. The molecule has 15 heteroatoms. The van der Waals surface area contributed by atoms with E-state index >= 15 is 0 Å². The molecule has 260 valence electrons. The minimum absolute atomic E-state index is 0.0663. The minimum atomic E-state index is -1.39. The first-order valence-corrected chi connectivity index (χ1v) is 15.7. The van der Waals surface area contributed by atoms with Crippen LogP contribution in [0.5, 0.6) is 5.75 Å². The first-order valence-electron chi connectivity index (χ1n) is 15.7. The third-order valence-electron chi connectivity index (χ3n) is 7.42. The number of H-pyrrole nitrogens is 1. The molecule has 2 amide bonds. The molecule has 0 spiro atoms. The number of rotatable bonds is 13. The van der Waals surface area contributed by atoms with Gasteiger partial charge in [0, 0.05) is 47.0 Å². The van der Waals surface area contributed by atoms with Crippen LogP contribution in [0.3, 0.4) is 0 Å². The summed E-state index contributed by atoms with van der Waals surface area (Å²) in [6.07, 6.45) is 0.618. The Kier molecular flexibility index (Phi) is 10.7. The van der Waals surface area contributed by atoms with Gasteiger partial charge < -0.3 is 29.6 Å². The van der Waals surface area contributed by atoms with Gasteiger partial charge in [0.05, 0.1) is 13.2 Å². The van der Waals surface area contributed by atoms with Crippen LogP contribution in [0.4, 0.5) is 10.5 Å². The van der Waals surface area contributed by atoms with Crippen LogP contribution in [0.2, 0.25) is 0 Å². The van der Waals surface area contributed by atoms with Crippen molar-refractivity contribution in [3.8, 4) is 28.3 Å². The van der Waals surface area contributed by atoms with Crippen LogP contribution in [0.1, 0.15) is 70.5 Å². The Labute approximate surface area is 286 Å². The fraction of sp³-hybridized carbons (Fsp3) is 0.286. The normalized spacial score (nSPS) is 12.8. The van der Waals surface area contributed by atoms with E-state index in [-0.39, 0.29) is 33.9 Å². The maximum absolute atomic E-state index is 13.9. The number of pyridine rings is 1. The van der Waals surface area contributed by atoms with Crippen molar-refractivity contribution in [1.29, 1.82) is 0 Å². The van der Waals surface area contributed by atoms with Crippen LogP contribution in [-0.4, -0.2) is 65.1 Å². The number of aromatic amines is 1. The predicted molar refractivity (Wildman–Crippen MR) is 179 cm³/mol. The van der Waals surface area contributed by atoms with Gasteiger partial charge in [-0.25, -0.2) is 19.4 Å². The molecule has 2 heterocycles. The van der Waals surface area contributed by atoms with Gasteiger partial charge in [-0.3, -0.25) is 19.1 Å². The number of nitrogens with zero attached hydrogens (tertiary/aromatic N) is 2. The quantitative estimate of drug-likeness (QED) is 0.123. The van der Waals surface area contributed by atoms with Crippen molar-refractivity contribution in [2.45, 2.75) is 46.0 Å². The highest BCUT2D eigenvalue weighted by molar-refractivity contribution is 6.11. The zero-order valence-corrected chi connectivity index (χ0v) is 27.7. The van der Waals surface area contributed by atoms with Gasteiger partial charge in [-0.2, -0.15) is 0 Å². The van der Waals surface area contributed by atoms with E-state index in [9.17, 15) is 24.0 Å². The zero-order chi connectivity index (χ0) is 35.9. The number of aromatic nitrogens is 3. The molecule has 2 aromatic heterocycles. The Hall–Kier alpha value is -6.25. The lowest BCUT2D eigenvalue weighted by Gasteiger charge is -2.18. The van der Waals surface area contributed by atoms with E-state index in [1.54, 1.807) is 38.1 Å². The van der Waals surface area contributed by atoms with E-state index in [0.717, 1.165) is 12.8 Å². The second kappa shape index (κ2) is 15.3. The van der Waals surface area contributed by atoms with E-state index in [1.807, 2.05) is 0 Å². The molecule has 1 aliphatic carbocycles. The van der Waals surface area contributed by atoms with Crippen molar-refractivity contribution in [3.63, 3.8) is 0 Å². The second-order valence-electron chi connectivity index (χ2n) is 11.6. The van der Waals surface area contributed by atoms with Gasteiger partial charge in [0.15, 0.2) is 11.5 Å². The van der Waals surface area contributed by atoms with Crippen LogP contribution in [0.25, 0.3) is 28.6 Å². The molecule has 5 rings (SSSR count). The molecule has 1 unspecified atom stereocenters. The van der Waals surface area contributed by atoms with Crippen LogP contribution in [0.15, 0.2) is 64.4 Å². The fourth-order valence-electron chi connectivity index (χ4n) is 4.80. The molecule has 2 aromatic carbocycles. The summed E-state index contributed by atoms with van der Waals surface area (Å²) in [6, 6.07) is 12.4. The second-order valence-corrected chi connectivity index (χ2v) is 11.6. The topological polar surface area (TPSA) is 201 Å². The minimum Gasteiger partial charge on any atom is -0.496 e. The number of hydrogen-bond donors (Lipinski definition) is 3. The van der Waals surface area contributed by atoms with Gasteiger partial charge in [-0.05, 0) is 81.1 Å². The van der Waals surface area contributed by atoms with Crippen LogP contribution in [0, 0.1) is 5.92 Å². The molecule has 1 atom stereocenters. The zero-order valence-electron chi connectivity index (χ0n) is 27.7. The van der Waals surface area contributed by atoms with Crippen molar-refractivity contribution >= 4 is 35.7 Å². The molecular weight excluding hydrogens is 650 g/mol. The van der Waals surface area contributed by atoms with E-state index < -0.39 is 42.1 Å². The number of nitrogens with one attached hydrogen (secondary N) is 3. The summed E-state index contributed by atoms with van der Waals surface area (Å²) < 4.78 is 25.5. The lowest BCUT2D eigenvalue weighted by Crippen LogP contribution is -2.28. The monoisotopic (exact) mass is 685 g/mol. The Morgan fingerprint density at radius 2 is 1.74 bits per heavy atom. The molecule has 1 fully saturated rings. The number of carbonyl (C=O) groups is 4. The highest BCUT2D eigenvalue weighted by atomic mass is 16.8. The van der Waals surface area contributed by atoms with Crippen LogP contribution in [-0.2, 0) is 14.2 Å². The maximum atomic E-state index is 13.9. The van der Waals surface area contributed by atoms with Gasteiger partial charge in [-0.1, -0.05) is 17.8 Å². The Morgan fingerprint density at radius 3 is 2.36 bits per heavy atom. The maximum Gasteiger partial charge on any atom is 0.511 e. The molecule has 3 N–H and O–H groups in total. The summed E-state index contributed by atoms with van der Waals surface area (Å²) in [5.74, 6) is -1.88. The average Bonchev–Trinajstić information content (AvgIpc) is 3.83. The number of hydrogen-bond acceptors (Lipinski definition) is 12. The molecule has 0 saturated heterocycles. The third-order valence-corrected chi connectivity index (χ3v) is 7.42. The van der Waals surface area contributed by atoms with Gasteiger partial charge in [0.1, 0.15) is 11.4 Å². The number of esters is 1. The number of benzene rings is 2. The molecule has 0 bridgehead atoms. The highest BCUT2D eigenvalue weighted by Gasteiger charge is 2.28. The molecule has 15 nitrogen and oxygen atoms in total. The molecule has 1 saturated carbocycles. The molecular formula is C35H35N5O10. The first-order chi connectivity index (χ1) is 23.9. The Balaban J connectivity index is 1.52. The van der Waals surface area contributed by atoms with Gasteiger partial charge in [0.2, 0.25) is 6.29 Å². The smallest absolute Gasteiger partial charge is 0.496 e. The van der Waals surface area contributed by atoms with E-state index in [4.69, 9.17) is 18.9 Å². The van der Waals surface area contributed by atoms with Gasteiger partial charge in [-0.15, -0.1) is 0 Å². The third kappa shape index (κ3) is 8.61. The Morgan fingerprint density at radius 1 is 1.00 bits per heavy atom. The van der Waals surface area contributed by atoms with Gasteiger partial charge in [0.25, 0.3) is 11.8 Å². The lowest BCUT2D eigenvalue weighted by molar-refractivity contribution is -0.0868.